The fourth-order valence-corrected chi connectivity index (χ4v) is 9.79. The molecule has 1 saturated carbocycles. The highest BCUT2D eigenvalue weighted by Gasteiger charge is 2.59. The molecule has 1 unspecified atom stereocenters. The van der Waals surface area contributed by atoms with Gasteiger partial charge in [0.05, 0.1) is 27.7 Å². The van der Waals surface area contributed by atoms with Crippen LogP contribution in [-0.4, -0.2) is 29.2 Å². The summed E-state index contributed by atoms with van der Waals surface area (Å²) in [5.41, 5.74) is -0.321. The summed E-state index contributed by atoms with van der Waals surface area (Å²) in [6.45, 7) is -0.178. The molecule has 0 radical (unpaired) electrons. The molecule has 3 aromatic carbocycles. The summed E-state index contributed by atoms with van der Waals surface area (Å²) in [7, 11) is -7.89. The Morgan fingerprint density at radius 1 is 0.889 bits per heavy atom. The van der Waals surface area contributed by atoms with Gasteiger partial charge in [0.25, 0.3) is 0 Å². The molecule has 36 heavy (non-hydrogen) atoms. The van der Waals surface area contributed by atoms with E-state index >= 15 is 4.39 Å². The lowest BCUT2D eigenvalue weighted by Crippen LogP contribution is -2.52. The summed E-state index contributed by atoms with van der Waals surface area (Å²) in [4.78, 5) is 0.123. The minimum atomic E-state index is -4.27. The van der Waals surface area contributed by atoms with Crippen molar-refractivity contribution in [1.29, 1.82) is 0 Å². The second-order valence-corrected chi connectivity index (χ2v) is 14.0. The molecule has 0 amide bonds. The van der Waals surface area contributed by atoms with Crippen LogP contribution in [0.5, 0.6) is 5.75 Å². The van der Waals surface area contributed by atoms with Crippen molar-refractivity contribution < 1.29 is 30.4 Å². The molecule has 3 atom stereocenters. The predicted molar refractivity (Wildman–Crippen MR) is 131 cm³/mol. The summed E-state index contributed by atoms with van der Waals surface area (Å²) in [6.07, 6.45) is 0.285. The normalized spacial score (nSPS) is 23.9. The first kappa shape index (κ1) is 25.2. The number of fused-ring (bicyclic) bond motifs is 3. The van der Waals surface area contributed by atoms with Gasteiger partial charge in [-0.15, -0.1) is 0 Å². The number of hydrogen-bond donors (Lipinski definition) is 0. The van der Waals surface area contributed by atoms with Gasteiger partial charge in [-0.3, -0.25) is 0 Å². The fourth-order valence-electron chi connectivity index (χ4n) is 5.62. The first-order chi connectivity index (χ1) is 17.1. The van der Waals surface area contributed by atoms with E-state index < -0.39 is 47.7 Å². The smallest absolute Gasteiger partial charge is 0.188 e. The quantitative estimate of drug-likeness (QED) is 0.413. The molecule has 2 aliphatic rings. The standard InChI is InChI=1S/C26H23ClF2O5S2/c27-19-6-8-21(9-7-19)36(32,33)26-13-12-17(16-35(30,31)20-4-2-1-3-5-20)14-18(26)15-34-25-23(29)11-10-22(28)24(25)26/h1-11,17-18H,12-16H2/t17-,18?,26+/m1/s1. The highest BCUT2D eigenvalue weighted by atomic mass is 35.5. The molecule has 1 fully saturated rings. The highest BCUT2D eigenvalue weighted by Crippen LogP contribution is 2.57. The van der Waals surface area contributed by atoms with Gasteiger partial charge < -0.3 is 4.74 Å². The Morgan fingerprint density at radius 3 is 2.25 bits per heavy atom. The molecule has 3 aromatic rings. The number of hydrogen-bond acceptors (Lipinski definition) is 5. The Bertz CT molecular complexity index is 1510. The summed E-state index contributed by atoms with van der Waals surface area (Å²) < 4.78 is 88.3. The summed E-state index contributed by atoms with van der Waals surface area (Å²) >= 11 is 5.96. The van der Waals surface area contributed by atoms with Gasteiger partial charge in [-0.1, -0.05) is 29.8 Å². The van der Waals surface area contributed by atoms with Crippen molar-refractivity contribution in [3.8, 4) is 5.75 Å². The molecule has 1 aliphatic carbocycles. The SMILES string of the molecule is O=S(=O)(C[C@@H]1CC[C@@]2(S(=O)(=O)c3ccc(Cl)cc3)c3c(F)ccc(F)c3OCC2C1)c1ccccc1. The van der Waals surface area contributed by atoms with Crippen molar-refractivity contribution in [3.05, 3.63) is 89.0 Å². The second kappa shape index (κ2) is 9.11. The average molecular weight is 553 g/mol. The van der Waals surface area contributed by atoms with Gasteiger partial charge in [-0.05, 0) is 73.7 Å². The van der Waals surface area contributed by atoms with E-state index in [0.717, 1.165) is 12.1 Å². The van der Waals surface area contributed by atoms with Gasteiger partial charge in [0.2, 0.25) is 0 Å². The third-order valence-corrected chi connectivity index (χ3v) is 12.0. The Morgan fingerprint density at radius 2 is 1.56 bits per heavy atom. The zero-order valence-corrected chi connectivity index (χ0v) is 21.4. The second-order valence-electron chi connectivity index (χ2n) is 9.32. The molecular weight excluding hydrogens is 530 g/mol. The molecule has 1 heterocycles. The number of benzene rings is 3. The number of rotatable bonds is 5. The minimum absolute atomic E-state index is 0.0660. The first-order valence-corrected chi connectivity index (χ1v) is 15.0. The molecule has 1 aliphatic heterocycles. The monoisotopic (exact) mass is 552 g/mol. The van der Waals surface area contributed by atoms with Crippen molar-refractivity contribution in [2.75, 3.05) is 12.4 Å². The topological polar surface area (TPSA) is 77.5 Å². The van der Waals surface area contributed by atoms with E-state index in [2.05, 4.69) is 0 Å². The Hall–Kier alpha value is -2.49. The summed E-state index contributed by atoms with van der Waals surface area (Å²) in [5.74, 6) is -3.46. The lowest BCUT2D eigenvalue weighted by molar-refractivity contribution is 0.103. The van der Waals surface area contributed by atoms with Gasteiger partial charge in [0.1, 0.15) is 10.6 Å². The number of ether oxygens (including phenoxy) is 1. The molecule has 0 spiro atoms. The average Bonchev–Trinajstić information content (AvgIpc) is 2.86. The molecule has 0 N–H and O–H groups in total. The van der Waals surface area contributed by atoms with Gasteiger partial charge in [-0.2, -0.15) is 0 Å². The van der Waals surface area contributed by atoms with Crippen molar-refractivity contribution >= 4 is 31.3 Å². The van der Waals surface area contributed by atoms with E-state index in [-0.39, 0.29) is 52.9 Å². The van der Waals surface area contributed by atoms with E-state index in [1.165, 1.54) is 36.4 Å². The minimum Gasteiger partial charge on any atom is -0.490 e. The van der Waals surface area contributed by atoms with Crippen LogP contribution in [0.15, 0.2) is 76.5 Å². The van der Waals surface area contributed by atoms with E-state index in [9.17, 15) is 21.2 Å². The van der Waals surface area contributed by atoms with E-state index in [0.29, 0.717) is 5.02 Å². The maximum Gasteiger partial charge on any atom is 0.188 e. The van der Waals surface area contributed by atoms with Crippen LogP contribution >= 0.6 is 11.6 Å². The molecule has 0 saturated heterocycles. The molecule has 0 aromatic heterocycles. The van der Waals surface area contributed by atoms with E-state index in [1.807, 2.05) is 0 Å². The Labute approximate surface area is 213 Å². The molecule has 5 rings (SSSR count). The zero-order valence-electron chi connectivity index (χ0n) is 19.0. The maximum atomic E-state index is 15.3. The first-order valence-electron chi connectivity index (χ1n) is 11.5. The summed E-state index contributed by atoms with van der Waals surface area (Å²) in [5, 5.41) is 0.336. The van der Waals surface area contributed by atoms with Crippen molar-refractivity contribution in [1.82, 2.24) is 0 Å². The number of halogens is 3. The van der Waals surface area contributed by atoms with Crippen molar-refractivity contribution in [2.45, 2.75) is 33.8 Å². The third kappa shape index (κ3) is 4.01. The van der Waals surface area contributed by atoms with Gasteiger partial charge in [0, 0.05) is 10.9 Å². The van der Waals surface area contributed by atoms with Crippen LogP contribution < -0.4 is 4.74 Å². The maximum absolute atomic E-state index is 15.3. The van der Waals surface area contributed by atoms with Gasteiger partial charge >= 0.3 is 0 Å². The van der Waals surface area contributed by atoms with Crippen molar-refractivity contribution in [3.63, 3.8) is 0 Å². The van der Waals surface area contributed by atoms with Crippen LogP contribution in [0.4, 0.5) is 8.78 Å². The molecule has 5 nitrogen and oxygen atoms in total. The Balaban J connectivity index is 1.59. The number of sulfone groups is 2. The zero-order chi connectivity index (χ0) is 25.7. The van der Waals surface area contributed by atoms with Crippen molar-refractivity contribution in [2.24, 2.45) is 11.8 Å². The summed E-state index contributed by atoms with van der Waals surface area (Å²) in [6, 6.07) is 15.4. The van der Waals surface area contributed by atoms with E-state index in [4.69, 9.17) is 16.3 Å². The van der Waals surface area contributed by atoms with Crippen LogP contribution in [0.1, 0.15) is 24.8 Å². The van der Waals surface area contributed by atoms with Gasteiger partial charge in [-0.25, -0.2) is 25.6 Å². The predicted octanol–water partition coefficient (Wildman–Crippen LogP) is 5.57. The van der Waals surface area contributed by atoms with Gasteiger partial charge in [0.15, 0.2) is 31.2 Å². The Kier molecular flexibility index (Phi) is 6.37. The van der Waals surface area contributed by atoms with Crippen LogP contribution in [0.3, 0.4) is 0 Å². The molecular formula is C26H23ClF2O5S2. The lowest BCUT2D eigenvalue weighted by Gasteiger charge is -2.49. The third-order valence-electron chi connectivity index (χ3n) is 7.27. The molecule has 190 valence electrons. The van der Waals surface area contributed by atoms with Crippen LogP contribution in [0.25, 0.3) is 0 Å². The van der Waals surface area contributed by atoms with Crippen LogP contribution in [0.2, 0.25) is 5.02 Å². The van der Waals surface area contributed by atoms with E-state index in [1.54, 1.807) is 18.2 Å². The largest absolute Gasteiger partial charge is 0.490 e. The molecule has 10 heteroatoms. The van der Waals surface area contributed by atoms with Crippen LogP contribution in [-0.2, 0) is 24.4 Å². The molecule has 0 bridgehead atoms. The fraction of sp³-hybridized carbons (Fsp3) is 0.308. The van der Waals surface area contributed by atoms with Crippen LogP contribution in [0, 0.1) is 23.5 Å². The lowest BCUT2D eigenvalue weighted by atomic mass is 9.69. The highest BCUT2D eigenvalue weighted by molar-refractivity contribution is 7.92.